The zero-order chi connectivity index (χ0) is 12.8. The van der Waals surface area contributed by atoms with Gasteiger partial charge in [0.05, 0.1) is 24.7 Å². The highest BCUT2D eigenvalue weighted by Crippen LogP contribution is 2.16. The predicted molar refractivity (Wildman–Crippen MR) is 62.3 cm³/mol. The highest BCUT2D eigenvalue weighted by Gasteiger charge is 2.24. The first kappa shape index (κ1) is 15.4. The molecule has 0 amide bonds. The van der Waals surface area contributed by atoms with E-state index in [1.54, 1.807) is 7.11 Å². The molecule has 2 atom stereocenters. The Morgan fingerprint density at radius 1 is 1.12 bits per heavy atom. The lowest BCUT2D eigenvalue weighted by Crippen LogP contribution is -2.30. The predicted octanol–water partition coefficient (Wildman–Crippen LogP) is 2.02. The number of hydrogen-bond acceptors (Lipinski definition) is 4. The molecule has 16 heavy (non-hydrogen) atoms. The van der Waals surface area contributed by atoms with Crippen LogP contribution in [0.5, 0.6) is 0 Å². The smallest absolute Gasteiger partial charge is 0.311 e. The molecule has 0 spiro atoms. The highest BCUT2D eigenvalue weighted by atomic mass is 16.6. The Morgan fingerprint density at radius 2 is 1.62 bits per heavy atom. The van der Waals surface area contributed by atoms with Gasteiger partial charge in [0.2, 0.25) is 0 Å². The average molecular weight is 232 g/mol. The van der Waals surface area contributed by atoms with E-state index in [1.807, 2.05) is 34.6 Å². The summed E-state index contributed by atoms with van der Waals surface area (Å²) in [4.78, 5) is 11.5. The van der Waals surface area contributed by atoms with Crippen LogP contribution < -0.4 is 0 Å². The summed E-state index contributed by atoms with van der Waals surface area (Å²) in [7, 11) is 1.64. The zero-order valence-electron chi connectivity index (χ0n) is 11.2. The Labute approximate surface area is 98.3 Å². The Kier molecular flexibility index (Phi) is 6.60. The Balaban J connectivity index is 3.75. The van der Waals surface area contributed by atoms with Gasteiger partial charge in [-0.2, -0.15) is 0 Å². The zero-order valence-corrected chi connectivity index (χ0v) is 11.2. The molecule has 0 aliphatic heterocycles. The normalized spacial score (nSPS) is 15.6. The molecule has 0 aliphatic rings. The standard InChI is InChI=1S/C12H24O4/c1-9(14-6)7-15-8-10(2)16-11(13)12(3,4)5/h9-10H,7-8H2,1-6H3. The second kappa shape index (κ2) is 6.86. The van der Waals surface area contributed by atoms with Crippen molar-refractivity contribution in [3.8, 4) is 0 Å². The van der Waals surface area contributed by atoms with Gasteiger partial charge in [-0.3, -0.25) is 4.79 Å². The molecule has 0 aliphatic carbocycles. The highest BCUT2D eigenvalue weighted by molar-refractivity contribution is 5.75. The first-order chi connectivity index (χ1) is 7.27. The van der Waals surface area contributed by atoms with Crippen LogP contribution in [0.3, 0.4) is 0 Å². The van der Waals surface area contributed by atoms with Gasteiger partial charge >= 0.3 is 5.97 Å². The summed E-state index contributed by atoms with van der Waals surface area (Å²) >= 11 is 0. The molecule has 0 N–H and O–H groups in total. The van der Waals surface area contributed by atoms with E-state index in [2.05, 4.69) is 0 Å². The molecule has 4 heteroatoms. The van der Waals surface area contributed by atoms with Crippen LogP contribution in [0.2, 0.25) is 0 Å². The third kappa shape index (κ3) is 6.80. The fourth-order valence-electron chi connectivity index (χ4n) is 0.862. The summed E-state index contributed by atoms with van der Waals surface area (Å²) in [6.07, 6.45) is -0.165. The molecule has 0 rings (SSSR count). The lowest BCUT2D eigenvalue weighted by molar-refractivity contribution is -0.161. The maximum atomic E-state index is 11.5. The molecule has 96 valence electrons. The summed E-state index contributed by atoms with van der Waals surface area (Å²) < 4.78 is 15.6. The minimum Gasteiger partial charge on any atom is -0.460 e. The van der Waals surface area contributed by atoms with Gasteiger partial charge in [-0.25, -0.2) is 0 Å². The van der Waals surface area contributed by atoms with Crippen molar-refractivity contribution in [2.75, 3.05) is 20.3 Å². The monoisotopic (exact) mass is 232 g/mol. The lowest BCUT2D eigenvalue weighted by Gasteiger charge is -2.21. The van der Waals surface area contributed by atoms with Gasteiger partial charge in [-0.1, -0.05) is 0 Å². The summed E-state index contributed by atoms with van der Waals surface area (Å²) in [6.45, 7) is 10.1. The minimum atomic E-state index is -0.464. The summed E-state index contributed by atoms with van der Waals surface area (Å²) in [5.41, 5.74) is -0.464. The van der Waals surface area contributed by atoms with E-state index in [0.29, 0.717) is 13.2 Å². The van der Waals surface area contributed by atoms with Crippen molar-refractivity contribution in [2.24, 2.45) is 5.41 Å². The van der Waals surface area contributed by atoms with Crippen molar-refractivity contribution in [3.05, 3.63) is 0 Å². The molecule has 0 radical (unpaired) electrons. The molecule has 0 saturated heterocycles. The van der Waals surface area contributed by atoms with Crippen LogP contribution in [-0.2, 0) is 19.0 Å². The third-order valence-electron chi connectivity index (χ3n) is 2.03. The van der Waals surface area contributed by atoms with Gasteiger partial charge in [0.1, 0.15) is 6.10 Å². The first-order valence-electron chi connectivity index (χ1n) is 5.59. The lowest BCUT2D eigenvalue weighted by atomic mass is 9.97. The van der Waals surface area contributed by atoms with Crippen LogP contribution in [0.25, 0.3) is 0 Å². The fraction of sp³-hybridized carbons (Fsp3) is 0.917. The molecule has 0 aromatic heterocycles. The van der Waals surface area contributed by atoms with Crippen LogP contribution in [0.15, 0.2) is 0 Å². The first-order valence-corrected chi connectivity index (χ1v) is 5.59. The maximum absolute atomic E-state index is 11.5. The molecule has 0 bridgehead atoms. The number of esters is 1. The Bertz CT molecular complexity index is 208. The second-order valence-electron chi connectivity index (χ2n) is 5.05. The third-order valence-corrected chi connectivity index (χ3v) is 2.03. The van der Waals surface area contributed by atoms with E-state index < -0.39 is 5.41 Å². The van der Waals surface area contributed by atoms with E-state index in [9.17, 15) is 4.79 Å². The molecular formula is C12H24O4. The van der Waals surface area contributed by atoms with Crippen molar-refractivity contribution in [1.82, 2.24) is 0 Å². The van der Waals surface area contributed by atoms with Crippen molar-refractivity contribution in [1.29, 1.82) is 0 Å². The summed E-state index contributed by atoms with van der Waals surface area (Å²) in [5, 5.41) is 0. The van der Waals surface area contributed by atoms with Crippen molar-refractivity contribution < 1.29 is 19.0 Å². The van der Waals surface area contributed by atoms with E-state index in [1.165, 1.54) is 0 Å². The van der Waals surface area contributed by atoms with Crippen molar-refractivity contribution >= 4 is 5.97 Å². The summed E-state index contributed by atoms with van der Waals surface area (Å²) in [6, 6.07) is 0. The van der Waals surface area contributed by atoms with Crippen LogP contribution in [0, 0.1) is 5.41 Å². The Morgan fingerprint density at radius 3 is 2.06 bits per heavy atom. The number of carbonyl (C=O) groups is 1. The van der Waals surface area contributed by atoms with Gasteiger partial charge in [0.25, 0.3) is 0 Å². The maximum Gasteiger partial charge on any atom is 0.311 e. The second-order valence-corrected chi connectivity index (χ2v) is 5.05. The molecule has 0 fully saturated rings. The molecule has 0 heterocycles. The molecule has 2 unspecified atom stereocenters. The Hall–Kier alpha value is -0.610. The molecule has 0 saturated carbocycles. The van der Waals surface area contributed by atoms with Gasteiger partial charge in [-0.15, -0.1) is 0 Å². The van der Waals surface area contributed by atoms with E-state index in [4.69, 9.17) is 14.2 Å². The van der Waals surface area contributed by atoms with E-state index in [-0.39, 0.29) is 18.2 Å². The van der Waals surface area contributed by atoms with Gasteiger partial charge in [0.15, 0.2) is 0 Å². The fourth-order valence-corrected chi connectivity index (χ4v) is 0.862. The van der Waals surface area contributed by atoms with Crippen LogP contribution >= 0.6 is 0 Å². The minimum absolute atomic E-state index is 0.0607. The number of ether oxygens (including phenoxy) is 3. The molecule has 4 nitrogen and oxygen atoms in total. The van der Waals surface area contributed by atoms with Gasteiger partial charge in [-0.05, 0) is 34.6 Å². The molecule has 0 aromatic carbocycles. The largest absolute Gasteiger partial charge is 0.460 e. The van der Waals surface area contributed by atoms with E-state index >= 15 is 0 Å². The van der Waals surface area contributed by atoms with Crippen LogP contribution in [-0.4, -0.2) is 38.5 Å². The SMILES string of the molecule is COC(C)COCC(C)OC(=O)C(C)(C)C. The van der Waals surface area contributed by atoms with Crippen molar-refractivity contribution in [2.45, 2.75) is 46.8 Å². The van der Waals surface area contributed by atoms with Gasteiger partial charge < -0.3 is 14.2 Å². The van der Waals surface area contributed by atoms with Crippen LogP contribution in [0.1, 0.15) is 34.6 Å². The average Bonchev–Trinajstić information content (AvgIpc) is 2.15. The number of methoxy groups -OCH3 is 1. The van der Waals surface area contributed by atoms with Gasteiger partial charge in [0, 0.05) is 7.11 Å². The topological polar surface area (TPSA) is 44.8 Å². The number of hydrogen-bond donors (Lipinski definition) is 0. The molecular weight excluding hydrogens is 208 g/mol. The van der Waals surface area contributed by atoms with Crippen molar-refractivity contribution in [3.63, 3.8) is 0 Å². The summed E-state index contributed by atoms with van der Waals surface area (Å²) in [5.74, 6) is -0.205. The molecule has 0 aromatic rings. The quantitative estimate of drug-likeness (QED) is 0.657. The number of carbonyl (C=O) groups excluding carboxylic acids is 1. The van der Waals surface area contributed by atoms with Crippen LogP contribution in [0.4, 0.5) is 0 Å². The van der Waals surface area contributed by atoms with E-state index in [0.717, 1.165) is 0 Å². The number of rotatable bonds is 6.